The van der Waals surface area contributed by atoms with Gasteiger partial charge in [-0.3, -0.25) is 4.79 Å². The fourth-order valence-electron chi connectivity index (χ4n) is 2.45. The van der Waals surface area contributed by atoms with Crippen LogP contribution in [0.4, 0.5) is 5.69 Å². The minimum atomic E-state index is -0.162. The first-order valence-corrected chi connectivity index (χ1v) is 8.74. The van der Waals surface area contributed by atoms with E-state index in [1.807, 2.05) is 19.1 Å². The van der Waals surface area contributed by atoms with Crippen LogP contribution in [0.1, 0.15) is 45.4 Å². The van der Waals surface area contributed by atoms with Gasteiger partial charge in [-0.05, 0) is 37.5 Å². The molecule has 0 aliphatic heterocycles. The van der Waals surface area contributed by atoms with Gasteiger partial charge in [0.1, 0.15) is 0 Å². The Hall–Kier alpha value is -1.92. The summed E-state index contributed by atoms with van der Waals surface area (Å²) in [6, 6.07) is 5.62. The number of aliphatic hydroxyl groups excluding tert-OH is 1. The molecule has 0 atom stereocenters. The van der Waals surface area contributed by atoms with Crippen molar-refractivity contribution >= 4 is 22.9 Å². The van der Waals surface area contributed by atoms with Gasteiger partial charge in [-0.15, -0.1) is 11.3 Å². The molecule has 23 heavy (non-hydrogen) atoms. The Kier molecular flexibility index (Phi) is 4.93. The Morgan fingerprint density at radius 1 is 1.43 bits per heavy atom. The second kappa shape index (κ2) is 7.10. The molecule has 1 aromatic heterocycles. The van der Waals surface area contributed by atoms with Crippen LogP contribution in [0.15, 0.2) is 23.6 Å². The van der Waals surface area contributed by atoms with Gasteiger partial charge in [0.25, 0.3) is 5.91 Å². The van der Waals surface area contributed by atoms with Gasteiger partial charge in [0.05, 0.1) is 23.9 Å². The Morgan fingerprint density at radius 3 is 3.00 bits per heavy atom. The van der Waals surface area contributed by atoms with Gasteiger partial charge >= 0.3 is 0 Å². The molecule has 1 amide bonds. The summed E-state index contributed by atoms with van der Waals surface area (Å²) in [5.41, 5.74) is 3.51. The fourth-order valence-corrected chi connectivity index (χ4v) is 3.44. The molecule has 0 spiro atoms. The molecule has 0 bridgehead atoms. The number of aromatic nitrogens is 1. The van der Waals surface area contributed by atoms with Gasteiger partial charge in [0, 0.05) is 29.1 Å². The van der Waals surface area contributed by atoms with E-state index in [2.05, 4.69) is 21.0 Å². The Morgan fingerprint density at radius 2 is 2.26 bits per heavy atom. The van der Waals surface area contributed by atoms with Crippen molar-refractivity contribution in [1.29, 1.82) is 0 Å². The van der Waals surface area contributed by atoms with Crippen LogP contribution in [0.25, 0.3) is 0 Å². The van der Waals surface area contributed by atoms with Crippen LogP contribution in [0.3, 0.4) is 0 Å². The lowest BCUT2D eigenvalue weighted by Crippen LogP contribution is -2.27. The van der Waals surface area contributed by atoms with Gasteiger partial charge in [-0.25, -0.2) is 4.98 Å². The normalized spacial score (nSPS) is 13.8. The zero-order chi connectivity index (χ0) is 16.2. The first kappa shape index (κ1) is 16.0. The van der Waals surface area contributed by atoms with Gasteiger partial charge in [-0.2, -0.15) is 0 Å². The molecule has 1 fully saturated rings. The third-order valence-corrected chi connectivity index (χ3v) is 4.99. The summed E-state index contributed by atoms with van der Waals surface area (Å²) in [5.74, 6) is 0.527. The molecule has 0 radical (unpaired) electrons. The molecular formula is C17H21N3O2S. The van der Waals surface area contributed by atoms with E-state index < -0.39 is 0 Å². The quantitative estimate of drug-likeness (QED) is 0.729. The van der Waals surface area contributed by atoms with Crippen molar-refractivity contribution in [2.75, 3.05) is 18.5 Å². The standard InChI is InChI=1S/C17H21N3O2S/c1-11-14(16(22)18-7-8-21)3-2-4-15(11)19-9-13-10-23-17(20-13)12-5-6-12/h2-4,10,12,19,21H,5-9H2,1H3,(H,18,22). The van der Waals surface area contributed by atoms with Crippen molar-refractivity contribution in [1.82, 2.24) is 10.3 Å². The molecule has 1 heterocycles. The first-order chi connectivity index (χ1) is 11.2. The topological polar surface area (TPSA) is 74.2 Å². The van der Waals surface area contributed by atoms with Crippen LogP contribution in [0.5, 0.6) is 0 Å². The third kappa shape index (κ3) is 3.89. The second-order valence-corrected chi connectivity index (χ2v) is 6.65. The van der Waals surface area contributed by atoms with Crippen LogP contribution < -0.4 is 10.6 Å². The van der Waals surface area contributed by atoms with Crippen molar-refractivity contribution in [3.63, 3.8) is 0 Å². The summed E-state index contributed by atoms with van der Waals surface area (Å²) in [6.07, 6.45) is 2.54. The van der Waals surface area contributed by atoms with Crippen molar-refractivity contribution in [2.24, 2.45) is 0 Å². The summed E-state index contributed by atoms with van der Waals surface area (Å²) in [6.45, 7) is 2.78. The number of nitrogens with zero attached hydrogens (tertiary/aromatic N) is 1. The van der Waals surface area contributed by atoms with Gasteiger partial charge in [0.2, 0.25) is 0 Å². The summed E-state index contributed by atoms with van der Waals surface area (Å²) in [7, 11) is 0. The predicted molar refractivity (Wildman–Crippen MR) is 92.0 cm³/mol. The number of carbonyl (C=O) groups is 1. The molecule has 6 heteroatoms. The van der Waals surface area contributed by atoms with E-state index >= 15 is 0 Å². The van der Waals surface area contributed by atoms with Crippen molar-refractivity contribution in [2.45, 2.75) is 32.2 Å². The smallest absolute Gasteiger partial charge is 0.251 e. The van der Waals surface area contributed by atoms with E-state index in [0.717, 1.165) is 16.9 Å². The zero-order valence-electron chi connectivity index (χ0n) is 13.1. The monoisotopic (exact) mass is 331 g/mol. The number of hydrogen-bond donors (Lipinski definition) is 3. The largest absolute Gasteiger partial charge is 0.395 e. The van der Waals surface area contributed by atoms with Crippen molar-refractivity contribution < 1.29 is 9.90 Å². The number of carbonyl (C=O) groups excluding carboxylic acids is 1. The summed E-state index contributed by atoms with van der Waals surface area (Å²) >= 11 is 1.74. The molecular weight excluding hydrogens is 310 g/mol. The first-order valence-electron chi connectivity index (χ1n) is 7.86. The molecule has 1 aliphatic rings. The average Bonchev–Trinajstić information content (AvgIpc) is 3.30. The van der Waals surface area contributed by atoms with Gasteiger partial charge < -0.3 is 15.7 Å². The second-order valence-electron chi connectivity index (χ2n) is 5.76. The number of benzene rings is 1. The molecule has 0 saturated heterocycles. The molecule has 5 nitrogen and oxygen atoms in total. The Balaban J connectivity index is 1.65. The van der Waals surface area contributed by atoms with Crippen LogP contribution >= 0.6 is 11.3 Å². The summed E-state index contributed by atoms with van der Waals surface area (Å²) in [5, 5.41) is 18.2. The lowest BCUT2D eigenvalue weighted by Gasteiger charge is -2.12. The highest BCUT2D eigenvalue weighted by Crippen LogP contribution is 2.41. The molecule has 3 rings (SSSR count). The zero-order valence-corrected chi connectivity index (χ0v) is 13.9. The predicted octanol–water partition coefficient (Wildman–Crippen LogP) is 2.66. The average molecular weight is 331 g/mol. The fraction of sp³-hybridized carbons (Fsp3) is 0.412. The number of nitrogens with one attached hydrogen (secondary N) is 2. The van der Waals surface area contributed by atoms with E-state index in [-0.39, 0.29) is 19.1 Å². The molecule has 1 aromatic carbocycles. The third-order valence-electron chi connectivity index (χ3n) is 3.93. The minimum absolute atomic E-state index is 0.0596. The van der Waals surface area contributed by atoms with E-state index in [4.69, 9.17) is 5.11 Å². The van der Waals surface area contributed by atoms with E-state index in [9.17, 15) is 4.79 Å². The number of hydrogen-bond acceptors (Lipinski definition) is 5. The molecule has 1 aliphatic carbocycles. The lowest BCUT2D eigenvalue weighted by atomic mass is 10.1. The van der Waals surface area contributed by atoms with Crippen molar-refractivity contribution in [3.8, 4) is 0 Å². The summed E-state index contributed by atoms with van der Waals surface area (Å²) in [4.78, 5) is 16.7. The maximum atomic E-state index is 12.1. The van der Waals surface area contributed by atoms with Crippen LogP contribution in [0.2, 0.25) is 0 Å². The number of rotatable bonds is 7. The highest BCUT2D eigenvalue weighted by molar-refractivity contribution is 7.09. The van der Waals surface area contributed by atoms with Crippen molar-refractivity contribution in [3.05, 3.63) is 45.4 Å². The molecule has 1 saturated carbocycles. The molecule has 122 valence electrons. The van der Waals surface area contributed by atoms with Crippen LogP contribution in [-0.2, 0) is 6.54 Å². The maximum absolute atomic E-state index is 12.1. The minimum Gasteiger partial charge on any atom is -0.395 e. The number of anilines is 1. The molecule has 0 unspecified atom stereocenters. The van der Waals surface area contributed by atoms with E-state index in [1.54, 1.807) is 17.4 Å². The number of thiazole rings is 1. The van der Waals surface area contributed by atoms with Crippen LogP contribution in [-0.4, -0.2) is 29.1 Å². The molecule has 3 N–H and O–H groups in total. The van der Waals surface area contributed by atoms with Gasteiger partial charge in [-0.1, -0.05) is 6.07 Å². The Bertz CT molecular complexity index is 695. The van der Waals surface area contributed by atoms with Crippen LogP contribution in [0, 0.1) is 6.92 Å². The highest BCUT2D eigenvalue weighted by Gasteiger charge is 2.26. The Labute approximate surface area is 139 Å². The van der Waals surface area contributed by atoms with Gasteiger partial charge in [0.15, 0.2) is 0 Å². The number of amides is 1. The maximum Gasteiger partial charge on any atom is 0.251 e. The lowest BCUT2D eigenvalue weighted by molar-refractivity contribution is 0.0944. The summed E-state index contributed by atoms with van der Waals surface area (Å²) < 4.78 is 0. The van der Waals surface area contributed by atoms with E-state index in [1.165, 1.54) is 17.8 Å². The molecule has 2 aromatic rings. The van der Waals surface area contributed by atoms with E-state index in [0.29, 0.717) is 18.0 Å². The number of aliphatic hydroxyl groups is 1. The highest BCUT2D eigenvalue weighted by atomic mass is 32.1. The SMILES string of the molecule is Cc1c(NCc2csc(C3CC3)n2)cccc1C(=O)NCCO.